The number of hydrogen-bond acceptors (Lipinski definition) is 3. The van der Waals surface area contributed by atoms with Crippen molar-refractivity contribution in [2.45, 2.75) is 6.42 Å². The van der Waals surface area contributed by atoms with Crippen LogP contribution >= 0.6 is 11.6 Å². The molecule has 1 N–H and O–H groups in total. The molecule has 0 saturated carbocycles. The molecule has 0 fully saturated rings. The van der Waals surface area contributed by atoms with Crippen molar-refractivity contribution in [1.82, 2.24) is 4.90 Å². The fourth-order valence-electron chi connectivity index (χ4n) is 2.11. The molecule has 1 amide bonds. The molecule has 0 aliphatic heterocycles. The molecule has 0 atom stereocenters. The number of nitrogens with zero attached hydrogens (tertiary/aromatic N) is 1. The van der Waals surface area contributed by atoms with Crippen LogP contribution in [0.5, 0.6) is 5.75 Å². The lowest BCUT2D eigenvalue weighted by molar-refractivity contribution is -0.117. The fraction of sp³-hybridized carbons (Fsp3) is 0.278. The van der Waals surface area contributed by atoms with Crippen LogP contribution in [0, 0.1) is 5.82 Å². The van der Waals surface area contributed by atoms with Crippen LogP contribution < -0.4 is 10.1 Å². The highest BCUT2D eigenvalue weighted by molar-refractivity contribution is 6.30. The van der Waals surface area contributed by atoms with Crippen molar-refractivity contribution in [3.63, 3.8) is 0 Å². The van der Waals surface area contributed by atoms with Crippen LogP contribution in [0.3, 0.4) is 0 Å². The second-order valence-corrected chi connectivity index (χ2v) is 5.89. The summed E-state index contributed by atoms with van der Waals surface area (Å²) >= 11 is 5.80. The van der Waals surface area contributed by atoms with E-state index in [1.807, 2.05) is 11.9 Å². The third-order valence-electron chi connectivity index (χ3n) is 3.31. The molecule has 0 bridgehead atoms. The van der Waals surface area contributed by atoms with E-state index in [0.29, 0.717) is 23.9 Å². The monoisotopic (exact) mass is 350 g/mol. The zero-order valence-electron chi connectivity index (χ0n) is 13.5. The summed E-state index contributed by atoms with van der Waals surface area (Å²) in [6.45, 7) is 1.52. The number of halogens is 2. The molecule has 2 rings (SSSR count). The van der Waals surface area contributed by atoms with Crippen molar-refractivity contribution in [3.05, 3.63) is 59.4 Å². The summed E-state index contributed by atoms with van der Waals surface area (Å²) in [6, 6.07) is 12.9. The topological polar surface area (TPSA) is 41.6 Å². The number of anilines is 1. The smallest absolute Gasteiger partial charge is 0.238 e. The molecule has 2 aromatic carbocycles. The van der Waals surface area contributed by atoms with E-state index in [1.165, 1.54) is 12.1 Å². The van der Waals surface area contributed by atoms with E-state index in [2.05, 4.69) is 5.32 Å². The highest BCUT2D eigenvalue weighted by Crippen LogP contribution is 2.13. The minimum absolute atomic E-state index is 0.0840. The molecular weight excluding hydrogens is 331 g/mol. The first-order chi connectivity index (χ1) is 11.5. The highest BCUT2D eigenvalue weighted by atomic mass is 35.5. The van der Waals surface area contributed by atoms with Crippen molar-refractivity contribution in [2.75, 3.05) is 32.1 Å². The summed E-state index contributed by atoms with van der Waals surface area (Å²) < 4.78 is 18.3. The number of carbonyl (C=O) groups is 1. The number of likely N-dealkylation sites (N-methyl/N-ethyl adjacent to an activating group) is 1. The molecule has 0 radical (unpaired) electrons. The van der Waals surface area contributed by atoms with Gasteiger partial charge in [-0.05, 0) is 62.0 Å². The number of ether oxygens (including phenoxy) is 1. The average molecular weight is 351 g/mol. The Hall–Kier alpha value is -2.11. The van der Waals surface area contributed by atoms with Gasteiger partial charge in [-0.3, -0.25) is 9.69 Å². The summed E-state index contributed by atoms with van der Waals surface area (Å²) in [5.41, 5.74) is 0.720. The maximum Gasteiger partial charge on any atom is 0.238 e. The van der Waals surface area contributed by atoms with Crippen LogP contribution in [-0.2, 0) is 4.79 Å². The van der Waals surface area contributed by atoms with Gasteiger partial charge < -0.3 is 10.1 Å². The molecule has 0 aliphatic carbocycles. The highest BCUT2D eigenvalue weighted by Gasteiger charge is 2.07. The maximum absolute atomic E-state index is 12.8. The molecule has 0 aromatic heterocycles. The van der Waals surface area contributed by atoms with Gasteiger partial charge in [0.2, 0.25) is 5.91 Å². The lowest BCUT2D eigenvalue weighted by atomic mass is 10.3. The minimum Gasteiger partial charge on any atom is -0.494 e. The SMILES string of the molecule is CN(CCCOc1ccc(F)cc1)CC(=O)Nc1ccc(Cl)cc1. The van der Waals surface area contributed by atoms with Crippen LogP contribution in [0.1, 0.15) is 6.42 Å². The molecule has 0 unspecified atom stereocenters. The molecule has 128 valence electrons. The van der Waals surface area contributed by atoms with E-state index in [0.717, 1.165) is 18.7 Å². The Kier molecular flexibility index (Phi) is 7.03. The number of amides is 1. The zero-order chi connectivity index (χ0) is 17.4. The van der Waals surface area contributed by atoms with Gasteiger partial charge in [0.1, 0.15) is 11.6 Å². The number of nitrogens with one attached hydrogen (secondary N) is 1. The first kappa shape index (κ1) is 18.2. The van der Waals surface area contributed by atoms with Gasteiger partial charge in [-0.1, -0.05) is 11.6 Å². The zero-order valence-corrected chi connectivity index (χ0v) is 14.2. The summed E-state index contributed by atoms with van der Waals surface area (Å²) in [5.74, 6) is 0.271. The minimum atomic E-state index is -0.284. The number of hydrogen-bond donors (Lipinski definition) is 1. The molecule has 0 saturated heterocycles. The Labute approximate surface area is 146 Å². The summed E-state index contributed by atoms with van der Waals surface area (Å²) in [6.07, 6.45) is 0.766. The van der Waals surface area contributed by atoms with Crippen molar-refractivity contribution in [2.24, 2.45) is 0 Å². The number of benzene rings is 2. The van der Waals surface area contributed by atoms with Crippen LogP contribution in [0.4, 0.5) is 10.1 Å². The summed E-state index contributed by atoms with van der Waals surface area (Å²) in [4.78, 5) is 13.9. The second kappa shape index (κ2) is 9.25. The third-order valence-corrected chi connectivity index (χ3v) is 3.56. The van der Waals surface area contributed by atoms with Crippen molar-refractivity contribution >= 4 is 23.2 Å². The Morgan fingerprint density at radius 2 is 1.83 bits per heavy atom. The molecule has 6 heteroatoms. The Bertz CT molecular complexity index is 647. The van der Waals surface area contributed by atoms with E-state index in [-0.39, 0.29) is 11.7 Å². The first-order valence-corrected chi connectivity index (χ1v) is 8.03. The number of rotatable bonds is 8. The number of carbonyl (C=O) groups excluding carboxylic acids is 1. The Morgan fingerprint density at radius 1 is 1.17 bits per heavy atom. The van der Waals surface area contributed by atoms with Crippen LogP contribution in [0.2, 0.25) is 5.02 Å². The van der Waals surface area contributed by atoms with Gasteiger partial charge in [0.15, 0.2) is 0 Å². The van der Waals surface area contributed by atoms with Crippen molar-refractivity contribution < 1.29 is 13.9 Å². The van der Waals surface area contributed by atoms with Gasteiger partial charge in [0, 0.05) is 17.3 Å². The van der Waals surface area contributed by atoms with Gasteiger partial charge in [0.05, 0.1) is 13.2 Å². The van der Waals surface area contributed by atoms with Gasteiger partial charge in [-0.25, -0.2) is 4.39 Å². The molecule has 0 spiro atoms. The van der Waals surface area contributed by atoms with Gasteiger partial charge in [-0.15, -0.1) is 0 Å². The van der Waals surface area contributed by atoms with E-state index in [9.17, 15) is 9.18 Å². The van der Waals surface area contributed by atoms with E-state index >= 15 is 0 Å². The largest absolute Gasteiger partial charge is 0.494 e. The van der Waals surface area contributed by atoms with Gasteiger partial charge >= 0.3 is 0 Å². The standard InChI is InChI=1S/C18H20ClFN2O2/c1-22(11-2-12-24-17-9-5-15(20)6-10-17)13-18(23)21-16-7-3-14(19)4-8-16/h3-10H,2,11-13H2,1H3,(H,21,23). The van der Waals surface area contributed by atoms with Crippen LogP contribution in [-0.4, -0.2) is 37.6 Å². The van der Waals surface area contributed by atoms with Gasteiger partial charge in [0.25, 0.3) is 0 Å². The molecule has 0 aliphatic rings. The molecule has 4 nitrogen and oxygen atoms in total. The molecule has 0 heterocycles. The van der Waals surface area contributed by atoms with Crippen molar-refractivity contribution in [1.29, 1.82) is 0 Å². The van der Waals surface area contributed by atoms with E-state index in [1.54, 1.807) is 36.4 Å². The quantitative estimate of drug-likeness (QED) is 0.736. The predicted molar refractivity (Wildman–Crippen MR) is 94.1 cm³/mol. The first-order valence-electron chi connectivity index (χ1n) is 7.65. The normalized spacial score (nSPS) is 10.7. The van der Waals surface area contributed by atoms with E-state index < -0.39 is 0 Å². The molecule has 2 aromatic rings. The van der Waals surface area contributed by atoms with Gasteiger partial charge in [-0.2, -0.15) is 0 Å². The molecular formula is C18H20ClFN2O2. The summed E-state index contributed by atoms with van der Waals surface area (Å²) in [5, 5.41) is 3.45. The predicted octanol–water partition coefficient (Wildman–Crippen LogP) is 3.82. The maximum atomic E-state index is 12.8. The van der Waals surface area contributed by atoms with Crippen molar-refractivity contribution in [3.8, 4) is 5.75 Å². The van der Waals surface area contributed by atoms with E-state index in [4.69, 9.17) is 16.3 Å². The summed E-state index contributed by atoms with van der Waals surface area (Å²) in [7, 11) is 1.87. The second-order valence-electron chi connectivity index (χ2n) is 5.45. The third kappa shape index (κ3) is 6.56. The average Bonchev–Trinajstić information content (AvgIpc) is 2.55. The van der Waals surface area contributed by atoms with Crippen LogP contribution in [0.15, 0.2) is 48.5 Å². The Morgan fingerprint density at radius 3 is 2.50 bits per heavy atom. The lowest BCUT2D eigenvalue weighted by Crippen LogP contribution is -2.31. The lowest BCUT2D eigenvalue weighted by Gasteiger charge is -2.16. The van der Waals surface area contributed by atoms with Crippen LogP contribution in [0.25, 0.3) is 0 Å². The fourth-order valence-corrected chi connectivity index (χ4v) is 2.24. The molecule has 24 heavy (non-hydrogen) atoms. The Balaban J connectivity index is 1.63.